The summed E-state index contributed by atoms with van der Waals surface area (Å²) in [5.41, 5.74) is 0.746. The van der Waals surface area contributed by atoms with E-state index in [-0.39, 0.29) is 5.75 Å². The van der Waals surface area contributed by atoms with Crippen LogP contribution in [0.5, 0.6) is 0 Å². The Hall–Kier alpha value is -1.90. The summed E-state index contributed by atoms with van der Waals surface area (Å²) in [6.45, 7) is 6.46. The molecule has 0 amide bonds. The van der Waals surface area contributed by atoms with E-state index in [0.717, 1.165) is 36.2 Å². The Morgan fingerprint density at radius 1 is 0.867 bits per heavy atom. The number of aromatic nitrogens is 2. The van der Waals surface area contributed by atoms with Crippen LogP contribution in [-0.4, -0.2) is 62.2 Å². The van der Waals surface area contributed by atoms with E-state index in [0.29, 0.717) is 31.2 Å². The van der Waals surface area contributed by atoms with Crippen LogP contribution in [0.2, 0.25) is 5.02 Å². The molecule has 0 bridgehead atoms. The monoisotopic (exact) mass is 449 g/mol. The maximum Gasteiger partial charge on any atom is 0.218 e. The Labute approximate surface area is 183 Å². The molecule has 3 heterocycles. The summed E-state index contributed by atoms with van der Waals surface area (Å²) in [5, 5.41) is 9.44. The van der Waals surface area contributed by atoms with Crippen LogP contribution in [0.3, 0.4) is 0 Å². The van der Waals surface area contributed by atoms with Gasteiger partial charge < -0.3 is 9.80 Å². The highest BCUT2D eigenvalue weighted by Gasteiger charge is 2.28. The number of anilines is 2. The predicted octanol–water partition coefficient (Wildman–Crippen LogP) is 3.02. The first-order valence-electron chi connectivity index (χ1n) is 10.5. The Bertz CT molecular complexity index is 936. The molecule has 2 aliphatic rings. The number of nitrogens with zero attached hydrogens (tertiary/aromatic N) is 5. The van der Waals surface area contributed by atoms with Crippen LogP contribution in [0.15, 0.2) is 36.4 Å². The SMILES string of the molecule is CC1CCN(c2ccc(N3CCN(S(=O)(=O)Cc4ccc(Cl)cc4)CC3)nn2)CC1. The number of hydrogen-bond acceptors (Lipinski definition) is 6. The Morgan fingerprint density at radius 3 is 1.93 bits per heavy atom. The fraction of sp³-hybridized carbons (Fsp3) is 0.524. The molecule has 0 atom stereocenters. The van der Waals surface area contributed by atoms with Crippen molar-refractivity contribution in [1.82, 2.24) is 14.5 Å². The van der Waals surface area contributed by atoms with Crippen LogP contribution in [0.1, 0.15) is 25.3 Å². The van der Waals surface area contributed by atoms with Gasteiger partial charge in [0, 0.05) is 44.3 Å². The van der Waals surface area contributed by atoms with Gasteiger partial charge in [-0.25, -0.2) is 8.42 Å². The third-order valence-corrected chi connectivity index (χ3v) is 8.06. The van der Waals surface area contributed by atoms with Gasteiger partial charge in [-0.3, -0.25) is 0 Å². The van der Waals surface area contributed by atoms with Gasteiger partial charge in [-0.2, -0.15) is 4.31 Å². The molecule has 0 saturated carbocycles. The topological polar surface area (TPSA) is 69.6 Å². The van der Waals surface area contributed by atoms with Crippen molar-refractivity contribution in [3.05, 3.63) is 47.0 Å². The number of sulfonamides is 1. The molecule has 1 aromatic carbocycles. The van der Waals surface area contributed by atoms with Gasteiger partial charge in [-0.1, -0.05) is 30.7 Å². The molecule has 0 N–H and O–H groups in total. The average molecular weight is 450 g/mol. The smallest absolute Gasteiger partial charge is 0.218 e. The van der Waals surface area contributed by atoms with Crippen molar-refractivity contribution in [3.63, 3.8) is 0 Å². The van der Waals surface area contributed by atoms with E-state index in [1.165, 1.54) is 12.8 Å². The third kappa shape index (κ3) is 5.04. The number of benzene rings is 1. The summed E-state index contributed by atoms with van der Waals surface area (Å²) in [6, 6.07) is 11.0. The summed E-state index contributed by atoms with van der Waals surface area (Å²) >= 11 is 5.89. The lowest BCUT2D eigenvalue weighted by Crippen LogP contribution is -2.49. The van der Waals surface area contributed by atoms with Crippen molar-refractivity contribution in [2.24, 2.45) is 5.92 Å². The highest BCUT2D eigenvalue weighted by atomic mass is 35.5. The number of piperazine rings is 1. The molecule has 1 aromatic heterocycles. The molecule has 2 saturated heterocycles. The van der Waals surface area contributed by atoms with Crippen molar-refractivity contribution in [3.8, 4) is 0 Å². The van der Waals surface area contributed by atoms with E-state index >= 15 is 0 Å². The molecule has 9 heteroatoms. The number of halogens is 1. The van der Waals surface area contributed by atoms with Crippen LogP contribution in [0, 0.1) is 5.92 Å². The van der Waals surface area contributed by atoms with E-state index in [2.05, 4.69) is 26.9 Å². The molecule has 2 aliphatic heterocycles. The fourth-order valence-electron chi connectivity index (χ4n) is 3.97. The average Bonchev–Trinajstić information content (AvgIpc) is 2.76. The normalized spacial score (nSPS) is 19.3. The van der Waals surface area contributed by atoms with Gasteiger partial charge in [-0.15, -0.1) is 10.2 Å². The van der Waals surface area contributed by atoms with Crippen LogP contribution in [0.4, 0.5) is 11.6 Å². The maximum atomic E-state index is 12.8. The largest absolute Gasteiger partial charge is 0.355 e. The minimum Gasteiger partial charge on any atom is -0.355 e. The first-order valence-corrected chi connectivity index (χ1v) is 12.5. The molecular formula is C21H28ClN5O2S. The van der Waals surface area contributed by atoms with E-state index < -0.39 is 10.0 Å². The van der Waals surface area contributed by atoms with Crippen molar-refractivity contribution in [2.75, 3.05) is 49.1 Å². The van der Waals surface area contributed by atoms with Crippen LogP contribution in [-0.2, 0) is 15.8 Å². The van der Waals surface area contributed by atoms with Crippen LogP contribution < -0.4 is 9.80 Å². The molecule has 2 aromatic rings. The van der Waals surface area contributed by atoms with Crippen LogP contribution in [0.25, 0.3) is 0 Å². The summed E-state index contributed by atoms with van der Waals surface area (Å²) < 4.78 is 27.1. The second kappa shape index (κ2) is 9.08. The molecule has 7 nitrogen and oxygen atoms in total. The maximum absolute atomic E-state index is 12.8. The van der Waals surface area contributed by atoms with E-state index in [9.17, 15) is 8.42 Å². The van der Waals surface area contributed by atoms with E-state index in [1.807, 2.05) is 12.1 Å². The molecule has 4 rings (SSSR count). The van der Waals surface area contributed by atoms with Gasteiger partial charge in [0.2, 0.25) is 10.0 Å². The van der Waals surface area contributed by atoms with Gasteiger partial charge >= 0.3 is 0 Å². The molecule has 0 unspecified atom stereocenters. The Kier molecular flexibility index (Phi) is 6.46. The first-order chi connectivity index (χ1) is 14.4. The molecule has 0 aliphatic carbocycles. The fourth-order valence-corrected chi connectivity index (χ4v) is 5.61. The van der Waals surface area contributed by atoms with Crippen molar-refractivity contribution in [2.45, 2.75) is 25.5 Å². The number of hydrogen-bond donors (Lipinski definition) is 0. The summed E-state index contributed by atoms with van der Waals surface area (Å²) in [6.07, 6.45) is 2.38. The standard InChI is InChI=1S/C21H28ClN5O2S/c1-17-8-10-25(11-9-17)20-6-7-21(24-23-20)26-12-14-27(15-13-26)30(28,29)16-18-2-4-19(22)5-3-18/h2-7,17H,8-16H2,1H3. The van der Waals surface area contributed by atoms with Crippen molar-refractivity contribution < 1.29 is 8.42 Å². The molecule has 162 valence electrons. The molecule has 30 heavy (non-hydrogen) atoms. The van der Waals surface area contributed by atoms with Gasteiger partial charge in [0.25, 0.3) is 0 Å². The Morgan fingerprint density at radius 2 is 1.40 bits per heavy atom. The van der Waals surface area contributed by atoms with Gasteiger partial charge in [0.05, 0.1) is 5.75 Å². The number of rotatable bonds is 5. The van der Waals surface area contributed by atoms with Crippen LogP contribution >= 0.6 is 11.6 Å². The highest BCUT2D eigenvalue weighted by molar-refractivity contribution is 7.88. The minimum atomic E-state index is -3.36. The third-order valence-electron chi connectivity index (χ3n) is 5.96. The lowest BCUT2D eigenvalue weighted by molar-refractivity contribution is 0.383. The first kappa shape index (κ1) is 21.3. The van der Waals surface area contributed by atoms with Gasteiger partial charge in [0.1, 0.15) is 0 Å². The minimum absolute atomic E-state index is 0.00682. The zero-order valence-electron chi connectivity index (χ0n) is 17.2. The van der Waals surface area contributed by atoms with E-state index in [4.69, 9.17) is 11.6 Å². The summed E-state index contributed by atoms with van der Waals surface area (Å²) in [4.78, 5) is 4.39. The molecule has 0 radical (unpaired) electrons. The predicted molar refractivity (Wildman–Crippen MR) is 121 cm³/mol. The van der Waals surface area contributed by atoms with Gasteiger partial charge in [0.15, 0.2) is 11.6 Å². The summed E-state index contributed by atoms with van der Waals surface area (Å²) in [7, 11) is -3.36. The van der Waals surface area contributed by atoms with Gasteiger partial charge in [-0.05, 0) is 48.6 Å². The zero-order valence-corrected chi connectivity index (χ0v) is 18.8. The lowest BCUT2D eigenvalue weighted by Gasteiger charge is -2.35. The van der Waals surface area contributed by atoms with E-state index in [1.54, 1.807) is 28.6 Å². The van der Waals surface area contributed by atoms with Crippen molar-refractivity contribution >= 4 is 33.3 Å². The Balaban J connectivity index is 1.33. The zero-order chi connectivity index (χ0) is 21.1. The lowest BCUT2D eigenvalue weighted by atomic mass is 9.99. The second-order valence-electron chi connectivity index (χ2n) is 8.19. The highest BCUT2D eigenvalue weighted by Crippen LogP contribution is 2.23. The van der Waals surface area contributed by atoms with Crippen molar-refractivity contribution in [1.29, 1.82) is 0 Å². The quantitative estimate of drug-likeness (QED) is 0.698. The molecular weight excluding hydrogens is 422 g/mol. The molecule has 2 fully saturated rings. The summed E-state index contributed by atoms with van der Waals surface area (Å²) in [5.74, 6) is 2.50. The second-order valence-corrected chi connectivity index (χ2v) is 10.6. The number of piperidine rings is 1. The molecule has 0 spiro atoms.